The number of amides is 1. The molecular formula is C11H12N8O. The Labute approximate surface area is 113 Å². The molecule has 9 nitrogen and oxygen atoms in total. The zero-order chi connectivity index (χ0) is 14.3. The van der Waals surface area contributed by atoms with Gasteiger partial charge in [0, 0.05) is 12.4 Å². The molecule has 3 aromatic rings. The van der Waals surface area contributed by atoms with Gasteiger partial charge >= 0.3 is 0 Å². The number of rotatable bonds is 2. The largest absolute Gasteiger partial charge is 0.366 e. The third-order valence-electron chi connectivity index (χ3n) is 2.84. The van der Waals surface area contributed by atoms with Crippen LogP contribution < -0.4 is 11.1 Å². The highest BCUT2D eigenvalue weighted by molar-refractivity contribution is 6.02. The van der Waals surface area contributed by atoms with E-state index in [2.05, 4.69) is 30.6 Å². The summed E-state index contributed by atoms with van der Waals surface area (Å²) in [5.41, 5.74) is 7.50. The number of hydrogen-bond acceptors (Lipinski definition) is 6. The Morgan fingerprint density at radius 2 is 2.30 bits per heavy atom. The fraction of sp³-hybridized carbons (Fsp3) is 0.182. The standard InChI is InChI=1S/C11H12N8O/c1-5-7-3-6(4-13-9(7)19(2)18-5)14-10(20)8-15-11(12)17-16-8/h3-4H,1-2H3,(H,14,20)(H3,12,15,16,17). The fourth-order valence-electron chi connectivity index (χ4n) is 1.94. The number of pyridine rings is 1. The van der Waals surface area contributed by atoms with E-state index in [1.54, 1.807) is 10.9 Å². The van der Waals surface area contributed by atoms with Crippen molar-refractivity contribution in [2.45, 2.75) is 6.92 Å². The number of anilines is 2. The number of carbonyl (C=O) groups is 1. The maximum atomic E-state index is 11.9. The molecule has 1 amide bonds. The second-order valence-corrected chi connectivity index (χ2v) is 4.30. The number of fused-ring (bicyclic) bond motifs is 1. The van der Waals surface area contributed by atoms with Crippen LogP contribution in [0, 0.1) is 6.92 Å². The molecule has 0 aliphatic carbocycles. The van der Waals surface area contributed by atoms with Gasteiger partial charge in [0.15, 0.2) is 5.65 Å². The number of aromatic nitrogens is 6. The summed E-state index contributed by atoms with van der Waals surface area (Å²) in [5, 5.41) is 13.9. The minimum absolute atomic E-state index is 0.0202. The van der Waals surface area contributed by atoms with Gasteiger partial charge in [-0.05, 0) is 13.0 Å². The third-order valence-corrected chi connectivity index (χ3v) is 2.84. The Bertz CT molecular complexity index is 802. The number of nitrogen functional groups attached to an aromatic ring is 1. The van der Waals surface area contributed by atoms with Crippen LogP contribution in [0.2, 0.25) is 0 Å². The summed E-state index contributed by atoms with van der Waals surface area (Å²) >= 11 is 0. The number of carbonyl (C=O) groups excluding carboxylic acids is 1. The molecule has 102 valence electrons. The predicted molar refractivity (Wildman–Crippen MR) is 72.0 cm³/mol. The number of aromatic amines is 1. The highest BCUT2D eigenvalue weighted by Crippen LogP contribution is 2.19. The van der Waals surface area contributed by atoms with Crippen molar-refractivity contribution in [3.8, 4) is 0 Å². The Morgan fingerprint density at radius 1 is 1.50 bits per heavy atom. The third kappa shape index (κ3) is 1.94. The van der Waals surface area contributed by atoms with E-state index in [0.29, 0.717) is 5.69 Å². The summed E-state index contributed by atoms with van der Waals surface area (Å²) in [6.45, 7) is 1.88. The summed E-state index contributed by atoms with van der Waals surface area (Å²) in [5.74, 6) is -0.366. The number of nitrogens with zero attached hydrogens (tertiary/aromatic N) is 5. The number of H-pyrrole nitrogens is 1. The maximum Gasteiger partial charge on any atom is 0.293 e. The molecule has 4 N–H and O–H groups in total. The van der Waals surface area contributed by atoms with Crippen LogP contribution in [0.1, 0.15) is 16.3 Å². The first-order chi connectivity index (χ1) is 9.54. The van der Waals surface area contributed by atoms with E-state index in [1.807, 2.05) is 20.0 Å². The lowest BCUT2D eigenvalue weighted by atomic mass is 10.2. The van der Waals surface area contributed by atoms with Gasteiger partial charge in [-0.15, -0.1) is 5.10 Å². The van der Waals surface area contributed by atoms with Crippen molar-refractivity contribution in [1.82, 2.24) is 29.9 Å². The summed E-state index contributed by atoms with van der Waals surface area (Å²) in [6.07, 6.45) is 1.56. The molecule has 3 rings (SSSR count). The molecule has 9 heteroatoms. The van der Waals surface area contributed by atoms with Gasteiger partial charge < -0.3 is 11.1 Å². The number of aryl methyl sites for hydroxylation is 2. The lowest BCUT2D eigenvalue weighted by Gasteiger charge is -2.02. The van der Waals surface area contributed by atoms with Gasteiger partial charge in [-0.1, -0.05) is 0 Å². The first kappa shape index (κ1) is 12.1. The molecule has 0 aliphatic rings. The normalized spacial score (nSPS) is 10.9. The SMILES string of the molecule is Cc1nn(C)c2ncc(NC(=O)c3nc(N)n[nH]3)cc12. The van der Waals surface area contributed by atoms with E-state index >= 15 is 0 Å². The molecule has 3 heterocycles. The molecule has 0 aliphatic heterocycles. The van der Waals surface area contributed by atoms with Gasteiger partial charge in [0.1, 0.15) is 0 Å². The van der Waals surface area contributed by atoms with Crippen LogP contribution in [-0.4, -0.2) is 35.9 Å². The molecule has 0 radical (unpaired) electrons. The summed E-state index contributed by atoms with van der Waals surface area (Å²) in [6, 6.07) is 1.81. The zero-order valence-electron chi connectivity index (χ0n) is 10.9. The average molecular weight is 272 g/mol. The average Bonchev–Trinajstić information content (AvgIpc) is 2.95. The van der Waals surface area contributed by atoms with E-state index in [-0.39, 0.29) is 11.8 Å². The molecule has 0 spiro atoms. The van der Waals surface area contributed by atoms with Gasteiger partial charge in [0.25, 0.3) is 5.91 Å². The smallest absolute Gasteiger partial charge is 0.293 e. The Balaban J connectivity index is 1.91. The van der Waals surface area contributed by atoms with E-state index < -0.39 is 5.91 Å². The quantitative estimate of drug-likeness (QED) is 0.612. The van der Waals surface area contributed by atoms with Crippen LogP contribution in [0.3, 0.4) is 0 Å². The lowest BCUT2D eigenvalue weighted by molar-refractivity contribution is 0.101. The molecule has 0 saturated heterocycles. The maximum absolute atomic E-state index is 11.9. The van der Waals surface area contributed by atoms with Gasteiger partial charge in [-0.2, -0.15) is 10.1 Å². The van der Waals surface area contributed by atoms with Gasteiger partial charge in [-0.25, -0.2) is 4.98 Å². The molecule has 0 atom stereocenters. The molecule has 3 aromatic heterocycles. The van der Waals surface area contributed by atoms with Gasteiger partial charge in [0.05, 0.1) is 17.6 Å². The lowest BCUT2D eigenvalue weighted by Crippen LogP contribution is -2.14. The summed E-state index contributed by atoms with van der Waals surface area (Å²) < 4.78 is 1.69. The molecule has 0 unspecified atom stereocenters. The van der Waals surface area contributed by atoms with Crippen molar-refractivity contribution < 1.29 is 4.79 Å². The van der Waals surface area contributed by atoms with Crippen LogP contribution in [0.25, 0.3) is 11.0 Å². The zero-order valence-corrected chi connectivity index (χ0v) is 10.9. The van der Waals surface area contributed by atoms with E-state index in [0.717, 1.165) is 16.7 Å². The Kier molecular flexibility index (Phi) is 2.60. The van der Waals surface area contributed by atoms with E-state index in [4.69, 9.17) is 5.73 Å². The Morgan fingerprint density at radius 3 is 3.00 bits per heavy atom. The molecule has 0 fully saturated rings. The van der Waals surface area contributed by atoms with Crippen LogP contribution in [0.15, 0.2) is 12.3 Å². The second-order valence-electron chi connectivity index (χ2n) is 4.30. The van der Waals surface area contributed by atoms with Crippen LogP contribution in [-0.2, 0) is 7.05 Å². The molecular weight excluding hydrogens is 260 g/mol. The number of hydrogen-bond donors (Lipinski definition) is 3. The van der Waals surface area contributed by atoms with Crippen LogP contribution >= 0.6 is 0 Å². The van der Waals surface area contributed by atoms with Crippen molar-refractivity contribution in [3.63, 3.8) is 0 Å². The molecule has 20 heavy (non-hydrogen) atoms. The minimum Gasteiger partial charge on any atom is -0.366 e. The van der Waals surface area contributed by atoms with Crippen molar-refractivity contribution in [3.05, 3.63) is 23.8 Å². The molecule has 0 aromatic carbocycles. The number of nitrogens with one attached hydrogen (secondary N) is 2. The van der Waals surface area contributed by atoms with Crippen molar-refractivity contribution in [1.29, 1.82) is 0 Å². The van der Waals surface area contributed by atoms with Gasteiger partial charge in [0.2, 0.25) is 11.8 Å². The highest BCUT2D eigenvalue weighted by Gasteiger charge is 2.13. The van der Waals surface area contributed by atoms with Crippen molar-refractivity contribution >= 4 is 28.6 Å². The predicted octanol–water partition coefficient (Wildman–Crippen LogP) is 0.229. The topological polar surface area (TPSA) is 127 Å². The van der Waals surface area contributed by atoms with Gasteiger partial charge in [-0.3, -0.25) is 14.6 Å². The Hall–Kier alpha value is -2.97. The molecule has 0 saturated carbocycles. The highest BCUT2D eigenvalue weighted by atomic mass is 16.2. The van der Waals surface area contributed by atoms with E-state index in [1.165, 1.54) is 0 Å². The first-order valence-electron chi connectivity index (χ1n) is 5.83. The monoisotopic (exact) mass is 272 g/mol. The first-order valence-corrected chi connectivity index (χ1v) is 5.83. The fourth-order valence-corrected chi connectivity index (χ4v) is 1.94. The van der Waals surface area contributed by atoms with Crippen molar-refractivity contribution in [2.75, 3.05) is 11.1 Å². The van der Waals surface area contributed by atoms with E-state index in [9.17, 15) is 4.79 Å². The van der Waals surface area contributed by atoms with Crippen LogP contribution in [0.5, 0.6) is 0 Å². The van der Waals surface area contributed by atoms with Crippen LogP contribution in [0.4, 0.5) is 11.6 Å². The van der Waals surface area contributed by atoms with Crippen molar-refractivity contribution in [2.24, 2.45) is 7.05 Å². The molecule has 0 bridgehead atoms. The minimum atomic E-state index is -0.433. The second kappa shape index (κ2) is 4.30. The summed E-state index contributed by atoms with van der Waals surface area (Å²) in [4.78, 5) is 19.9. The summed E-state index contributed by atoms with van der Waals surface area (Å²) in [7, 11) is 1.82. The number of nitrogens with two attached hydrogens (primary N) is 1.